The Kier molecular flexibility index (Phi) is 8.32. The molecule has 10 heteroatoms. The van der Waals surface area contributed by atoms with Crippen LogP contribution >= 0.6 is 0 Å². The lowest BCUT2D eigenvalue weighted by Crippen LogP contribution is -2.43. The van der Waals surface area contributed by atoms with Crippen molar-refractivity contribution in [1.29, 1.82) is 0 Å². The molecular formula is C31H34F3N5O2. The fourth-order valence-electron chi connectivity index (χ4n) is 5.03. The van der Waals surface area contributed by atoms with E-state index in [1.807, 2.05) is 24.4 Å². The summed E-state index contributed by atoms with van der Waals surface area (Å²) in [4.78, 5) is 22.3. The Bertz CT molecular complexity index is 1510. The molecule has 216 valence electrons. The van der Waals surface area contributed by atoms with Gasteiger partial charge in [0, 0.05) is 38.9 Å². The van der Waals surface area contributed by atoms with Crippen molar-refractivity contribution in [2.24, 2.45) is 0 Å². The molecule has 4 aromatic rings. The summed E-state index contributed by atoms with van der Waals surface area (Å²) in [5.74, 6) is 0.511. The predicted molar refractivity (Wildman–Crippen MR) is 153 cm³/mol. The van der Waals surface area contributed by atoms with Gasteiger partial charge in [-0.1, -0.05) is 43.3 Å². The van der Waals surface area contributed by atoms with Gasteiger partial charge in [-0.05, 0) is 66.4 Å². The highest BCUT2D eigenvalue weighted by Crippen LogP contribution is 2.30. The summed E-state index contributed by atoms with van der Waals surface area (Å²) < 4.78 is 45.6. The standard InChI is InChI=1S/C31H34F3N5O2/c1-4-27-29(36-30(40)41-20-23-7-11-26(12-8-23)31(32,33)34)39-19-25(17-21(2)28(39)35-27)24-9-5-22(6-10-24)18-38-15-13-37(3)14-16-38/h5-12,17,19H,4,13-16,18,20H2,1-3H3,(H,36,40). The van der Waals surface area contributed by atoms with Gasteiger partial charge in [0.1, 0.15) is 18.1 Å². The van der Waals surface area contributed by atoms with Gasteiger partial charge < -0.3 is 9.64 Å². The number of hydrogen-bond acceptors (Lipinski definition) is 5. The number of aromatic nitrogens is 2. The molecule has 1 aliphatic heterocycles. The summed E-state index contributed by atoms with van der Waals surface area (Å²) in [5.41, 5.74) is 5.42. The minimum absolute atomic E-state index is 0.160. The summed E-state index contributed by atoms with van der Waals surface area (Å²) in [6.07, 6.45) is -2.58. The minimum Gasteiger partial charge on any atom is -0.444 e. The van der Waals surface area contributed by atoms with Gasteiger partial charge in [0.15, 0.2) is 0 Å². The number of carbonyl (C=O) groups excluding carboxylic acids is 1. The largest absolute Gasteiger partial charge is 0.444 e. The van der Waals surface area contributed by atoms with Gasteiger partial charge in [-0.15, -0.1) is 0 Å². The summed E-state index contributed by atoms with van der Waals surface area (Å²) in [7, 11) is 2.15. The number of fused-ring (bicyclic) bond motifs is 1. The molecule has 5 rings (SSSR count). The van der Waals surface area contributed by atoms with E-state index in [1.165, 1.54) is 17.7 Å². The Hall–Kier alpha value is -3.89. The Morgan fingerprint density at radius 2 is 1.63 bits per heavy atom. The molecule has 0 radical (unpaired) electrons. The first kappa shape index (κ1) is 28.6. The Balaban J connectivity index is 1.31. The van der Waals surface area contributed by atoms with Gasteiger partial charge >= 0.3 is 12.3 Å². The van der Waals surface area contributed by atoms with E-state index in [0.717, 1.165) is 67.2 Å². The quantitative estimate of drug-likeness (QED) is 0.282. The molecule has 1 N–H and O–H groups in total. The number of amides is 1. The van der Waals surface area contributed by atoms with E-state index in [0.29, 0.717) is 23.5 Å². The molecule has 41 heavy (non-hydrogen) atoms. The number of anilines is 1. The van der Waals surface area contributed by atoms with Crippen molar-refractivity contribution < 1.29 is 22.7 Å². The number of benzene rings is 2. The fraction of sp³-hybridized carbons (Fsp3) is 0.355. The van der Waals surface area contributed by atoms with Crippen LogP contribution in [0.15, 0.2) is 60.8 Å². The monoisotopic (exact) mass is 565 g/mol. The van der Waals surface area contributed by atoms with Gasteiger partial charge in [0.25, 0.3) is 0 Å². The van der Waals surface area contributed by atoms with Crippen molar-refractivity contribution in [2.75, 3.05) is 38.5 Å². The van der Waals surface area contributed by atoms with E-state index in [-0.39, 0.29) is 6.61 Å². The summed E-state index contributed by atoms with van der Waals surface area (Å²) >= 11 is 0. The number of aryl methyl sites for hydroxylation is 2. The van der Waals surface area contributed by atoms with Crippen molar-refractivity contribution in [2.45, 2.75) is 39.6 Å². The maximum Gasteiger partial charge on any atom is 0.416 e. The number of hydrogen-bond donors (Lipinski definition) is 1. The highest BCUT2D eigenvalue weighted by molar-refractivity contribution is 5.85. The van der Waals surface area contributed by atoms with Crippen molar-refractivity contribution in [3.63, 3.8) is 0 Å². The van der Waals surface area contributed by atoms with Crippen LogP contribution in [0.3, 0.4) is 0 Å². The van der Waals surface area contributed by atoms with Crippen LogP contribution in [0.2, 0.25) is 0 Å². The summed E-state index contributed by atoms with van der Waals surface area (Å²) in [6.45, 7) is 9.01. The van der Waals surface area contributed by atoms with Gasteiger partial charge in [-0.25, -0.2) is 9.78 Å². The molecule has 0 bridgehead atoms. The number of halogens is 3. The van der Waals surface area contributed by atoms with Crippen LogP contribution in [0.1, 0.15) is 34.9 Å². The first-order valence-electron chi connectivity index (χ1n) is 13.7. The second-order valence-corrected chi connectivity index (χ2v) is 10.5. The van der Waals surface area contributed by atoms with Gasteiger partial charge in [0.05, 0.1) is 11.3 Å². The molecule has 0 aliphatic carbocycles. The topological polar surface area (TPSA) is 62.1 Å². The Morgan fingerprint density at radius 3 is 2.27 bits per heavy atom. The molecule has 2 aromatic carbocycles. The van der Waals surface area contributed by atoms with Crippen LogP contribution in [-0.4, -0.2) is 58.5 Å². The zero-order valence-corrected chi connectivity index (χ0v) is 23.5. The van der Waals surface area contributed by atoms with E-state index < -0.39 is 17.8 Å². The zero-order valence-electron chi connectivity index (χ0n) is 23.5. The van der Waals surface area contributed by atoms with Crippen LogP contribution in [0.4, 0.5) is 23.8 Å². The number of piperazine rings is 1. The van der Waals surface area contributed by atoms with Gasteiger partial charge in [-0.2, -0.15) is 13.2 Å². The third-order valence-corrected chi connectivity index (χ3v) is 7.47. The maximum atomic E-state index is 12.8. The molecule has 0 spiro atoms. The highest BCUT2D eigenvalue weighted by Gasteiger charge is 2.30. The summed E-state index contributed by atoms with van der Waals surface area (Å²) in [6, 6.07) is 15.2. The number of rotatable bonds is 7. The molecule has 0 atom stereocenters. The molecule has 7 nitrogen and oxygen atoms in total. The molecule has 0 saturated carbocycles. The van der Waals surface area contributed by atoms with Crippen molar-refractivity contribution >= 4 is 17.6 Å². The lowest BCUT2D eigenvalue weighted by Gasteiger charge is -2.32. The zero-order chi connectivity index (χ0) is 29.1. The second-order valence-electron chi connectivity index (χ2n) is 10.5. The van der Waals surface area contributed by atoms with Crippen LogP contribution in [-0.2, 0) is 30.5 Å². The first-order chi connectivity index (χ1) is 19.6. The first-order valence-corrected chi connectivity index (χ1v) is 13.7. The highest BCUT2D eigenvalue weighted by atomic mass is 19.4. The molecule has 1 saturated heterocycles. The number of nitrogens with one attached hydrogen (secondary N) is 1. The molecule has 3 heterocycles. The Labute approximate surface area is 237 Å². The average Bonchev–Trinajstić information content (AvgIpc) is 3.31. The number of carbonyl (C=O) groups is 1. The number of imidazole rings is 1. The van der Waals surface area contributed by atoms with Gasteiger partial charge in [-0.3, -0.25) is 14.6 Å². The summed E-state index contributed by atoms with van der Waals surface area (Å²) in [5, 5.41) is 2.80. The van der Waals surface area contributed by atoms with Crippen LogP contribution in [0.5, 0.6) is 0 Å². The minimum atomic E-state index is -4.42. The molecule has 1 aliphatic rings. The van der Waals surface area contributed by atoms with Crippen molar-refractivity contribution in [3.8, 4) is 11.1 Å². The fourth-order valence-corrected chi connectivity index (χ4v) is 5.03. The maximum absolute atomic E-state index is 12.8. The average molecular weight is 566 g/mol. The number of pyridine rings is 1. The van der Waals surface area contributed by atoms with E-state index in [2.05, 4.69) is 52.5 Å². The van der Waals surface area contributed by atoms with E-state index in [9.17, 15) is 18.0 Å². The van der Waals surface area contributed by atoms with Gasteiger partial charge in [0.2, 0.25) is 0 Å². The van der Waals surface area contributed by atoms with Crippen molar-refractivity contribution in [1.82, 2.24) is 19.2 Å². The van der Waals surface area contributed by atoms with Crippen molar-refractivity contribution in [3.05, 3.63) is 88.7 Å². The second kappa shape index (κ2) is 11.9. The molecule has 1 fully saturated rings. The Morgan fingerprint density at radius 1 is 0.976 bits per heavy atom. The predicted octanol–water partition coefficient (Wildman–Crippen LogP) is 6.39. The van der Waals surface area contributed by atoms with E-state index in [1.54, 1.807) is 0 Å². The lowest BCUT2D eigenvalue weighted by atomic mass is 10.0. The van der Waals surface area contributed by atoms with E-state index >= 15 is 0 Å². The molecule has 1 amide bonds. The number of alkyl halides is 3. The van der Waals surface area contributed by atoms with E-state index in [4.69, 9.17) is 9.72 Å². The SMILES string of the molecule is CCc1nc2c(C)cc(-c3ccc(CN4CCN(C)CC4)cc3)cn2c1NC(=O)OCc1ccc(C(F)(F)F)cc1. The van der Waals surface area contributed by atoms with Crippen LogP contribution in [0, 0.1) is 6.92 Å². The number of ether oxygens (including phenoxy) is 1. The molecular weight excluding hydrogens is 531 g/mol. The third-order valence-electron chi connectivity index (χ3n) is 7.47. The van der Waals surface area contributed by atoms with Crippen LogP contribution in [0.25, 0.3) is 16.8 Å². The number of likely N-dealkylation sites (N-methyl/N-ethyl adjacent to an activating group) is 1. The normalized spacial score (nSPS) is 14.9. The lowest BCUT2D eigenvalue weighted by molar-refractivity contribution is -0.137. The third kappa shape index (κ3) is 6.71. The smallest absolute Gasteiger partial charge is 0.416 e. The van der Waals surface area contributed by atoms with Crippen LogP contribution < -0.4 is 5.32 Å². The molecule has 0 unspecified atom stereocenters. The molecule has 2 aromatic heterocycles. The number of nitrogens with zero attached hydrogens (tertiary/aromatic N) is 4.